The number of nitriles is 1. The van der Waals surface area contributed by atoms with Crippen molar-refractivity contribution in [3.05, 3.63) is 48.3 Å². The van der Waals surface area contributed by atoms with Gasteiger partial charge in [0, 0.05) is 44.5 Å². The van der Waals surface area contributed by atoms with Crippen LogP contribution >= 0.6 is 0 Å². The van der Waals surface area contributed by atoms with Crippen LogP contribution in [-0.4, -0.2) is 51.7 Å². The van der Waals surface area contributed by atoms with E-state index >= 15 is 0 Å². The molecule has 0 radical (unpaired) electrons. The highest BCUT2D eigenvalue weighted by Crippen LogP contribution is 2.19. The van der Waals surface area contributed by atoms with Crippen LogP contribution in [0.1, 0.15) is 19.4 Å². The van der Waals surface area contributed by atoms with E-state index in [-0.39, 0.29) is 5.91 Å². The van der Waals surface area contributed by atoms with Crippen molar-refractivity contribution >= 4 is 5.91 Å². The first-order chi connectivity index (χ1) is 12.0. The van der Waals surface area contributed by atoms with Crippen molar-refractivity contribution in [2.24, 2.45) is 5.41 Å². The first-order valence-electron chi connectivity index (χ1n) is 8.51. The molecule has 130 valence electrons. The number of aromatic nitrogens is 2. The number of hydrogen-bond donors (Lipinski definition) is 0. The maximum Gasteiger partial charge on any atom is 0.242 e. The Bertz CT molecular complexity index is 767. The zero-order valence-corrected chi connectivity index (χ0v) is 14.7. The van der Waals surface area contributed by atoms with Gasteiger partial charge in [-0.15, -0.1) is 0 Å². The summed E-state index contributed by atoms with van der Waals surface area (Å²) in [5.74, 6) is -0.0773. The Labute approximate surface area is 148 Å². The van der Waals surface area contributed by atoms with Gasteiger partial charge in [0.2, 0.25) is 5.91 Å². The van der Waals surface area contributed by atoms with Gasteiger partial charge in [-0.3, -0.25) is 9.69 Å². The van der Waals surface area contributed by atoms with E-state index in [1.807, 2.05) is 47.4 Å². The summed E-state index contributed by atoms with van der Waals surface area (Å²) < 4.78 is 1.88. The highest BCUT2D eigenvalue weighted by atomic mass is 16.2. The molecule has 6 nitrogen and oxygen atoms in total. The second-order valence-corrected chi connectivity index (χ2v) is 6.93. The SMILES string of the molecule is CC(C)(C#N)C(=O)N1CCN(Cc2cnn(-c3ccccc3)c2)CC1. The number of para-hydroxylation sites is 1. The van der Waals surface area contributed by atoms with E-state index in [1.165, 1.54) is 0 Å². The van der Waals surface area contributed by atoms with Crippen molar-refractivity contribution < 1.29 is 4.79 Å². The quantitative estimate of drug-likeness (QED) is 0.857. The van der Waals surface area contributed by atoms with Crippen LogP contribution < -0.4 is 0 Å². The third-order valence-corrected chi connectivity index (χ3v) is 4.54. The molecule has 1 amide bonds. The van der Waals surface area contributed by atoms with Gasteiger partial charge in [0.25, 0.3) is 0 Å². The van der Waals surface area contributed by atoms with Gasteiger partial charge >= 0.3 is 0 Å². The van der Waals surface area contributed by atoms with Gasteiger partial charge in [-0.2, -0.15) is 10.4 Å². The molecule has 2 heterocycles. The first kappa shape index (κ1) is 17.2. The van der Waals surface area contributed by atoms with E-state index < -0.39 is 5.41 Å². The summed E-state index contributed by atoms with van der Waals surface area (Å²) in [4.78, 5) is 16.5. The first-order valence-corrected chi connectivity index (χ1v) is 8.51. The summed E-state index contributed by atoms with van der Waals surface area (Å²) in [6.07, 6.45) is 3.94. The number of benzene rings is 1. The van der Waals surface area contributed by atoms with Crippen LogP contribution in [0.3, 0.4) is 0 Å². The van der Waals surface area contributed by atoms with Crippen LogP contribution in [0.4, 0.5) is 0 Å². The molecule has 25 heavy (non-hydrogen) atoms. The van der Waals surface area contributed by atoms with Gasteiger partial charge < -0.3 is 4.90 Å². The van der Waals surface area contributed by atoms with Gasteiger partial charge in [0.05, 0.1) is 18.0 Å². The summed E-state index contributed by atoms with van der Waals surface area (Å²) in [7, 11) is 0. The van der Waals surface area contributed by atoms with E-state index in [0.29, 0.717) is 13.1 Å². The van der Waals surface area contributed by atoms with Gasteiger partial charge in [0.15, 0.2) is 0 Å². The Balaban J connectivity index is 1.56. The highest BCUT2D eigenvalue weighted by molar-refractivity contribution is 5.84. The summed E-state index contributed by atoms with van der Waals surface area (Å²) in [6, 6.07) is 12.1. The fraction of sp³-hybridized carbons (Fsp3) is 0.421. The maximum atomic E-state index is 12.3. The molecular weight excluding hydrogens is 314 g/mol. The van der Waals surface area contributed by atoms with Crippen LogP contribution in [0.2, 0.25) is 0 Å². The van der Waals surface area contributed by atoms with Crippen LogP contribution in [-0.2, 0) is 11.3 Å². The Morgan fingerprint density at radius 3 is 2.52 bits per heavy atom. The lowest BCUT2D eigenvalue weighted by Gasteiger charge is -2.36. The lowest BCUT2D eigenvalue weighted by molar-refractivity contribution is -0.139. The molecule has 0 unspecified atom stereocenters. The average Bonchev–Trinajstić information content (AvgIpc) is 3.11. The molecule has 1 aliphatic heterocycles. The largest absolute Gasteiger partial charge is 0.339 e. The highest BCUT2D eigenvalue weighted by Gasteiger charge is 2.33. The Morgan fingerprint density at radius 1 is 1.20 bits per heavy atom. The molecule has 0 bridgehead atoms. The van der Waals surface area contributed by atoms with E-state index in [0.717, 1.165) is 30.9 Å². The molecule has 1 aromatic heterocycles. The fourth-order valence-corrected chi connectivity index (χ4v) is 2.97. The number of hydrogen-bond acceptors (Lipinski definition) is 4. The van der Waals surface area contributed by atoms with Crippen molar-refractivity contribution in [3.8, 4) is 11.8 Å². The number of rotatable bonds is 4. The zero-order valence-electron chi connectivity index (χ0n) is 14.7. The third-order valence-electron chi connectivity index (χ3n) is 4.54. The van der Waals surface area contributed by atoms with E-state index in [1.54, 1.807) is 18.7 Å². The molecule has 1 saturated heterocycles. The molecule has 6 heteroatoms. The topological polar surface area (TPSA) is 65.2 Å². The van der Waals surface area contributed by atoms with E-state index in [4.69, 9.17) is 5.26 Å². The lowest BCUT2D eigenvalue weighted by Crippen LogP contribution is -2.51. The molecule has 0 N–H and O–H groups in total. The minimum Gasteiger partial charge on any atom is -0.339 e. The number of carbonyl (C=O) groups is 1. The molecule has 0 spiro atoms. The van der Waals surface area contributed by atoms with Crippen molar-refractivity contribution in [1.29, 1.82) is 5.26 Å². The van der Waals surface area contributed by atoms with E-state index in [2.05, 4.69) is 16.1 Å². The van der Waals surface area contributed by atoms with Crippen LogP contribution in [0.5, 0.6) is 0 Å². The number of amides is 1. The van der Waals surface area contributed by atoms with Crippen molar-refractivity contribution in [2.75, 3.05) is 26.2 Å². The molecular formula is C19H23N5O. The number of nitrogens with zero attached hydrogens (tertiary/aromatic N) is 5. The average molecular weight is 337 g/mol. The summed E-state index contributed by atoms with van der Waals surface area (Å²) >= 11 is 0. The smallest absolute Gasteiger partial charge is 0.242 e. The molecule has 3 rings (SSSR count). The molecule has 0 atom stereocenters. The van der Waals surface area contributed by atoms with Gasteiger partial charge in [0.1, 0.15) is 5.41 Å². The normalized spacial score (nSPS) is 15.8. The fourth-order valence-electron chi connectivity index (χ4n) is 2.97. The lowest BCUT2D eigenvalue weighted by atomic mass is 9.93. The van der Waals surface area contributed by atoms with Crippen LogP contribution in [0, 0.1) is 16.7 Å². The minimum absolute atomic E-state index is 0.0773. The maximum absolute atomic E-state index is 12.3. The van der Waals surface area contributed by atoms with Crippen molar-refractivity contribution in [1.82, 2.24) is 19.6 Å². The zero-order chi connectivity index (χ0) is 17.9. The molecule has 1 aliphatic rings. The van der Waals surface area contributed by atoms with Crippen molar-refractivity contribution in [2.45, 2.75) is 20.4 Å². The summed E-state index contributed by atoms with van der Waals surface area (Å²) in [6.45, 7) is 7.12. The van der Waals surface area contributed by atoms with Gasteiger partial charge in [-0.1, -0.05) is 18.2 Å². The predicted octanol–water partition coefficient (Wildman–Crippen LogP) is 2.07. The molecule has 1 fully saturated rings. The second kappa shape index (κ2) is 7.08. The summed E-state index contributed by atoms with van der Waals surface area (Å²) in [5, 5.41) is 13.5. The predicted molar refractivity (Wildman–Crippen MR) is 94.8 cm³/mol. The molecule has 1 aromatic carbocycles. The number of piperazine rings is 1. The van der Waals surface area contributed by atoms with Crippen LogP contribution in [0.25, 0.3) is 5.69 Å². The third kappa shape index (κ3) is 3.89. The Kier molecular flexibility index (Phi) is 4.86. The summed E-state index contributed by atoms with van der Waals surface area (Å²) in [5.41, 5.74) is 1.25. The Morgan fingerprint density at radius 2 is 1.88 bits per heavy atom. The van der Waals surface area contributed by atoms with Crippen molar-refractivity contribution in [3.63, 3.8) is 0 Å². The molecule has 0 saturated carbocycles. The standard InChI is InChI=1S/C19H23N5O/c1-19(2,15-20)18(25)23-10-8-22(9-11-23)13-16-12-21-24(14-16)17-6-4-3-5-7-17/h3-7,12,14H,8-11,13H2,1-2H3. The molecule has 2 aromatic rings. The van der Waals surface area contributed by atoms with Crippen LogP contribution in [0.15, 0.2) is 42.7 Å². The second-order valence-electron chi connectivity index (χ2n) is 6.93. The van der Waals surface area contributed by atoms with Gasteiger partial charge in [-0.05, 0) is 26.0 Å². The van der Waals surface area contributed by atoms with E-state index in [9.17, 15) is 4.79 Å². The Hall–Kier alpha value is -2.65. The number of carbonyl (C=O) groups excluding carboxylic acids is 1. The minimum atomic E-state index is -0.945. The monoisotopic (exact) mass is 337 g/mol. The van der Waals surface area contributed by atoms with Gasteiger partial charge in [-0.25, -0.2) is 4.68 Å². The molecule has 0 aliphatic carbocycles.